The number of rotatable bonds is 7. The van der Waals surface area contributed by atoms with Crippen molar-refractivity contribution in [1.82, 2.24) is 5.32 Å². The van der Waals surface area contributed by atoms with E-state index in [1.165, 1.54) is 13.2 Å². The lowest BCUT2D eigenvalue weighted by Gasteiger charge is -2.27. The van der Waals surface area contributed by atoms with Crippen LogP contribution < -0.4 is 25.0 Å². The van der Waals surface area contributed by atoms with Gasteiger partial charge >= 0.3 is 6.03 Å². The van der Waals surface area contributed by atoms with Gasteiger partial charge in [0.1, 0.15) is 17.1 Å². The Kier molecular flexibility index (Phi) is 7.34. The van der Waals surface area contributed by atoms with Crippen LogP contribution in [-0.4, -0.2) is 37.5 Å². The van der Waals surface area contributed by atoms with Crippen molar-refractivity contribution < 1.29 is 28.7 Å². The summed E-state index contributed by atoms with van der Waals surface area (Å²) in [5.41, 5.74) is 2.89. The average molecular weight is 500 g/mol. The monoisotopic (exact) mass is 499 g/mol. The van der Waals surface area contributed by atoms with Gasteiger partial charge in [-0.25, -0.2) is 9.69 Å². The van der Waals surface area contributed by atoms with E-state index in [0.717, 1.165) is 16.0 Å². The van der Waals surface area contributed by atoms with Gasteiger partial charge in [-0.05, 0) is 61.4 Å². The predicted molar refractivity (Wildman–Crippen MR) is 138 cm³/mol. The second-order valence-electron chi connectivity index (χ2n) is 8.30. The van der Waals surface area contributed by atoms with Crippen LogP contribution in [0.4, 0.5) is 16.2 Å². The van der Waals surface area contributed by atoms with Gasteiger partial charge in [-0.3, -0.25) is 19.7 Å². The zero-order valence-corrected chi connectivity index (χ0v) is 20.5. The summed E-state index contributed by atoms with van der Waals surface area (Å²) in [5, 5.41) is 4.93. The molecule has 1 aliphatic rings. The summed E-state index contributed by atoms with van der Waals surface area (Å²) in [6.45, 7) is 3.45. The molecule has 9 nitrogen and oxygen atoms in total. The first-order chi connectivity index (χ1) is 17.8. The topological polar surface area (TPSA) is 114 Å². The maximum atomic E-state index is 13.2. The van der Waals surface area contributed by atoms with Crippen molar-refractivity contribution in [3.05, 3.63) is 89.0 Å². The van der Waals surface area contributed by atoms with Gasteiger partial charge in [-0.1, -0.05) is 36.4 Å². The number of hydrogen-bond acceptors (Lipinski definition) is 6. The molecule has 9 heteroatoms. The van der Waals surface area contributed by atoms with Gasteiger partial charge in [0.05, 0.1) is 18.5 Å². The van der Waals surface area contributed by atoms with Crippen molar-refractivity contribution in [2.75, 3.05) is 23.9 Å². The van der Waals surface area contributed by atoms with Crippen LogP contribution in [0.15, 0.2) is 72.3 Å². The number of benzene rings is 3. The fourth-order valence-corrected chi connectivity index (χ4v) is 3.72. The molecule has 0 radical (unpaired) electrons. The van der Waals surface area contributed by atoms with Gasteiger partial charge in [0, 0.05) is 5.56 Å². The van der Waals surface area contributed by atoms with Crippen LogP contribution in [0.25, 0.3) is 6.08 Å². The molecule has 0 bridgehead atoms. The summed E-state index contributed by atoms with van der Waals surface area (Å²) in [6, 6.07) is 17.9. The van der Waals surface area contributed by atoms with E-state index in [4.69, 9.17) is 9.47 Å². The number of ether oxygens (including phenoxy) is 2. The normalized spacial score (nSPS) is 14.4. The van der Waals surface area contributed by atoms with Crippen LogP contribution in [-0.2, 0) is 14.4 Å². The van der Waals surface area contributed by atoms with Crippen molar-refractivity contribution in [2.45, 2.75) is 13.8 Å². The van der Waals surface area contributed by atoms with E-state index in [2.05, 4.69) is 10.6 Å². The number of aryl methyl sites for hydroxylation is 2. The lowest BCUT2D eigenvalue weighted by atomic mass is 10.0. The zero-order chi connectivity index (χ0) is 26.5. The number of urea groups is 1. The van der Waals surface area contributed by atoms with Crippen molar-refractivity contribution in [3.8, 4) is 11.5 Å². The first kappa shape index (κ1) is 25.2. The molecular weight excluding hydrogens is 474 g/mol. The number of methoxy groups -OCH3 is 1. The van der Waals surface area contributed by atoms with Gasteiger partial charge in [0.2, 0.25) is 0 Å². The van der Waals surface area contributed by atoms with E-state index in [1.54, 1.807) is 66.7 Å². The van der Waals surface area contributed by atoms with E-state index in [1.807, 2.05) is 13.8 Å². The summed E-state index contributed by atoms with van der Waals surface area (Å²) in [6.07, 6.45) is 1.34. The van der Waals surface area contributed by atoms with E-state index in [0.29, 0.717) is 22.7 Å². The molecule has 0 spiro atoms. The Hall–Kier alpha value is -4.92. The van der Waals surface area contributed by atoms with Crippen LogP contribution >= 0.6 is 0 Å². The molecular formula is C28H25N3O6. The lowest BCUT2D eigenvalue weighted by molar-refractivity contribution is -0.122. The number of carbonyl (C=O) groups excluding carboxylic acids is 4. The van der Waals surface area contributed by atoms with Gasteiger partial charge in [-0.15, -0.1) is 0 Å². The van der Waals surface area contributed by atoms with Gasteiger partial charge in [0.25, 0.3) is 17.7 Å². The fourth-order valence-electron chi connectivity index (χ4n) is 3.72. The molecule has 3 aromatic rings. The Morgan fingerprint density at radius 1 is 0.946 bits per heavy atom. The third-order valence-corrected chi connectivity index (χ3v) is 5.81. The molecule has 0 saturated carbocycles. The molecule has 188 valence electrons. The number of para-hydroxylation sites is 3. The number of amides is 5. The first-order valence-corrected chi connectivity index (χ1v) is 11.4. The highest BCUT2D eigenvalue weighted by molar-refractivity contribution is 6.39. The first-order valence-electron chi connectivity index (χ1n) is 11.4. The zero-order valence-electron chi connectivity index (χ0n) is 20.5. The Balaban J connectivity index is 1.55. The maximum Gasteiger partial charge on any atom is 0.335 e. The van der Waals surface area contributed by atoms with Crippen molar-refractivity contribution in [1.29, 1.82) is 0 Å². The summed E-state index contributed by atoms with van der Waals surface area (Å²) >= 11 is 0. The number of anilines is 2. The third kappa shape index (κ3) is 5.51. The second-order valence-corrected chi connectivity index (χ2v) is 8.30. The molecule has 0 atom stereocenters. The minimum atomic E-state index is -0.826. The number of barbiturate groups is 1. The molecule has 1 saturated heterocycles. The maximum absolute atomic E-state index is 13.2. The smallest absolute Gasteiger partial charge is 0.335 e. The summed E-state index contributed by atoms with van der Waals surface area (Å²) in [4.78, 5) is 51.8. The molecule has 0 unspecified atom stereocenters. The Labute approximate surface area is 213 Å². The predicted octanol–water partition coefficient (Wildman–Crippen LogP) is 4.00. The molecule has 0 aromatic heterocycles. The number of nitrogens with zero attached hydrogens (tertiary/aromatic N) is 1. The van der Waals surface area contributed by atoms with Crippen LogP contribution in [0.2, 0.25) is 0 Å². The van der Waals surface area contributed by atoms with E-state index in [9.17, 15) is 19.2 Å². The van der Waals surface area contributed by atoms with Gasteiger partial charge in [-0.2, -0.15) is 0 Å². The molecule has 0 aliphatic carbocycles. The minimum absolute atomic E-state index is 0.243. The molecule has 2 N–H and O–H groups in total. The van der Waals surface area contributed by atoms with Crippen molar-refractivity contribution in [2.24, 2.45) is 0 Å². The van der Waals surface area contributed by atoms with Crippen LogP contribution in [0.1, 0.15) is 16.7 Å². The van der Waals surface area contributed by atoms with E-state index < -0.39 is 23.8 Å². The highest BCUT2D eigenvalue weighted by atomic mass is 16.5. The summed E-state index contributed by atoms with van der Waals surface area (Å²) < 4.78 is 10.9. The van der Waals surface area contributed by atoms with Gasteiger partial charge in [0.15, 0.2) is 6.61 Å². The van der Waals surface area contributed by atoms with E-state index >= 15 is 0 Å². The molecule has 1 aliphatic heterocycles. The average Bonchev–Trinajstić information content (AvgIpc) is 2.88. The number of carbonyl (C=O) groups is 4. The quantitative estimate of drug-likeness (QED) is 0.375. The molecule has 3 aromatic carbocycles. The Morgan fingerprint density at radius 2 is 1.65 bits per heavy atom. The molecule has 1 heterocycles. The number of hydrogen-bond donors (Lipinski definition) is 2. The van der Waals surface area contributed by atoms with Crippen molar-refractivity contribution >= 4 is 41.2 Å². The Morgan fingerprint density at radius 3 is 2.38 bits per heavy atom. The standard InChI is InChI=1S/C28H25N3O6/c1-17-12-13-20(14-18(17)2)31-27(34)21(26(33)30-28(31)35)15-19-8-4-6-10-23(19)37-16-25(32)29-22-9-5-7-11-24(22)36-3/h4-15H,16H2,1-3H3,(H,29,32)(H,30,33,35). The summed E-state index contributed by atoms with van der Waals surface area (Å²) in [7, 11) is 1.50. The second kappa shape index (κ2) is 10.8. The van der Waals surface area contributed by atoms with Crippen LogP contribution in [0, 0.1) is 13.8 Å². The molecule has 5 amide bonds. The van der Waals surface area contributed by atoms with Gasteiger partial charge < -0.3 is 14.8 Å². The van der Waals surface area contributed by atoms with E-state index in [-0.39, 0.29) is 17.9 Å². The summed E-state index contributed by atoms with van der Waals surface area (Å²) in [5.74, 6) is -1.23. The number of nitrogens with one attached hydrogen (secondary N) is 2. The lowest BCUT2D eigenvalue weighted by Crippen LogP contribution is -2.54. The highest BCUT2D eigenvalue weighted by Crippen LogP contribution is 2.27. The molecule has 1 fully saturated rings. The molecule has 4 rings (SSSR count). The highest BCUT2D eigenvalue weighted by Gasteiger charge is 2.37. The SMILES string of the molecule is COc1ccccc1NC(=O)COc1ccccc1C=C1C(=O)NC(=O)N(c2ccc(C)c(C)c2)C1=O. The van der Waals surface area contributed by atoms with Crippen LogP contribution in [0.5, 0.6) is 11.5 Å². The fraction of sp³-hybridized carbons (Fsp3) is 0.143. The minimum Gasteiger partial charge on any atom is -0.495 e. The largest absolute Gasteiger partial charge is 0.495 e. The van der Waals surface area contributed by atoms with Crippen LogP contribution in [0.3, 0.4) is 0 Å². The Bertz CT molecular complexity index is 1430. The molecule has 37 heavy (non-hydrogen) atoms. The third-order valence-electron chi connectivity index (χ3n) is 5.81. The van der Waals surface area contributed by atoms with Crippen molar-refractivity contribution in [3.63, 3.8) is 0 Å². The number of imide groups is 2.